The third kappa shape index (κ3) is 2.19. The zero-order valence-corrected chi connectivity index (χ0v) is 7.13. The van der Waals surface area contributed by atoms with Crippen LogP contribution < -0.4 is 11.1 Å². The standard InChI is InChI=1S/C8H16N2O/c1-5(2)8(11)10-7-3-6(9)4-7/h5-7H,3-4,9H2,1-2H3,(H,10,11). The first-order chi connectivity index (χ1) is 5.09. The van der Waals surface area contributed by atoms with Crippen LogP contribution in [0, 0.1) is 5.92 Å². The number of carbonyl (C=O) groups excluding carboxylic acids is 1. The molecule has 1 fully saturated rings. The molecule has 1 aliphatic rings. The topological polar surface area (TPSA) is 55.1 Å². The second-order valence-corrected chi connectivity index (χ2v) is 3.59. The van der Waals surface area contributed by atoms with Crippen molar-refractivity contribution >= 4 is 5.91 Å². The molecule has 11 heavy (non-hydrogen) atoms. The highest BCUT2D eigenvalue weighted by Gasteiger charge is 2.27. The number of amides is 1. The molecule has 0 aromatic heterocycles. The lowest BCUT2D eigenvalue weighted by Gasteiger charge is -2.33. The van der Waals surface area contributed by atoms with Crippen LogP contribution in [0.15, 0.2) is 0 Å². The summed E-state index contributed by atoms with van der Waals surface area (Å²) in [5.41, 5.74) is 5.57. The first-order valence-corrected chi connectivity index (χ1v) is 4.15. The summed E-state index contributed by atoms with van der Waals surface area (Å²) in [6.45, 7) is 3.79. The molecule has 0 bridgehead atoms. The molecule has 1 aliphatic carbocycles. The second kappa shape index (κ2) is 3.22. The fourth-order valence-corrected chi connectivity index (χ4v) is 1.15. The highest BCUT2D eigenvalue weighted by molar-refractivity contribution is 5.78. The van der Waals surface area contributed by atoms with Crippen LogP contribution in [0.3, 0.4) is 0 Å². The Balaban J connectivity index is 2.17. The predicted molar refractivity (Wildman–Crippen MR) is 44.0 cm³/mol. The van der Waals surface area contributed by atoms with Gasteiger partial charge in [-0.3, -0.25) is 4.79 Å². The maximum absolute atomic E-state index is 11.1. The van der Waals surface area contributed by atoms with Crippen molar-refractivity contribution in [2.75, 3.05) is 0 Å². The van der Waals surface area contributed by atoms with Crippen molar-refractivity contribution in [3.8, 4) is 0 Å². The van der Waals surface area contributed by atoms with E-state index in [1.807, 2.05) is 13.8 Å². The van der Waals surface area contributed by atoms with Gasteiger partial charge in [0.2, 0.25) is 5.91 Å². The largest absolute Gasteiger partial charge is 0.353 e. The van der Waals surface area contributed by atoms with E-state index in [1.165, 1.54) is 0 Å². The third-order valence-electron chi connectivity index (χ3n) is 2.05. The number of nitrogens with two attached hydrogens (primary N) is 1. The van der Waals surface area contributed by atoms with E-state index in [0.29, 0.717) is 12.1 Å². The Kier molecular flexibility index (Phi) is 2.49. The van der Waals surface area contributed by atoms with Gasteiger partial charge in [0.1, 0.15) is 0 Å². The number of carbonyl (C=O) groups is 1. The van der Waals surface area contributed by atoms with Crippen LogP contribution in [0.5, 0.6) is 0 Å². The van der Waals surface area contributed by atoms with Crippen molar-refractivity contribution < 1.29 is 4.79 Å². The molecule has 0 unspecified atom stereocenters. The molecule has 64 valence electrons. The third-order valence-corrected chi connectivity index (χ3v) is 2.05. The van der Waals surface area contributed by atoms with E-state index in [-0.39, 0.29) is 11.8 Å². The van der Waals surface area contributed by atoms with Gasteiger partial charge in [0.15, 0.2) is 0 Å². The summed E-state index contributed by atoms with van der Waals surface area (Å²) in [4.78, 5) is 11.1. The molecule has 0 saturated heterocycles. The van der Waals surface area contributed by atoms with Gasteiger partial charge in [-0.15, -0.1) is 0 Å². The fourth-order valence-electron chi connectivity index (χ4n) is 1.15. The van der Waals surface area contributed by atoms with Crippen LogP contribution in [-0.2, 0) is 4.79 Å². The Bertz CT molecular complexity index is 150. The summed E-state index contributed by atoms with van der Waals surface area (Å²) < 4.78 is 0. The number of rotatable bonds is 2. The van der Waals surface area contributed by atoms with E-state index in [1.54, 1.807) is 0 Å². The van der Waals surface area contributed by atoms with Crippen molar-refractivity contribution in [3.05, 3.63) is 0 Å². The van der Waals surface area contributed by atoms with E-state index >= 15 is 0 Å². The molecular weight excluding hydrogens is 140 g/mol. The van der Waals surface area contributed by atoms with Crippen molar-refractivity contribution in [1.29, 1.82) is 0 Å². The molecule has 0 heterocycles. The van der Waals surface area contributed by atoms with Crippen LogP contribution in [0.1, 0.15) is 26.7 Å². The van der Waals surface area contributed by atoms with Crippen LogP contribution in [-0.4, -0.2) is 18.0 Å². The van der Waals surface area contributed by atoms with Gasteiger partial charge in [-0.2, -0.15) is 0 Å². The highest BCUT2D eigenvalue weighted by atomic mass is 16.1. The van der Waals surface area contributed by atoms with E-state index in [9.17, 15) is 4.79 Å². The van der Waals surface area contributed by atoms with E-state index in [4.69, 9.17) is 5.73 Å². The average molecular weight is 156 g/mol. The minimum absolute atomic E-state index is 0.0897. The first kappa shape index (κ1) is 8.53. The lowest BCUT2D eigenvalue weighted by Crippen LogP contribution is -2.51. The Morgan fingerprint density at radius 3 is 2.45 bits per heavy atom. The summed E-state index contributed by atoms with van der Waals surface area (Å²) in [6, 6.07) is 0.660. The molecule has 0 aromatic carbocycles. The lowest BCUT2D eigenvalue weighted by molar-refractivity contribution is -0.125. The van der Waals surface area contributed by atoms with Gasteiger partial charge < -0.3 is 11.1 Å². The normalized spacial score (nSPS) is 29.8. The fraction of sp³-hybridized carbons (Fsp3) is 0.875. The maximum atomic E-state index is 11.1. The van der Waals surface area contributed by atoms with Gasteiger partial charge in [-0.25, -0.2) is 0 Å². The van der Waals surface area contributed by atoms with Crippen molar-refractivity contribution in [1.82, 2.24) is 5.32 Å². The molecular formula is C8H16N2O. The quantitative estimate of drug-likeness (QED) is 0.602. The Morgan fingerprint density at radius 1 is 1.55 bits per heavy atom. The average Bonchev–Trinajstić information content (AvgIpc) is 1.84. The van der Waals surface area contributed by atoms with Gasteiger partial charge in [0, 0.05) is 18.0 Å². The van der Waals surface area contributed by atoms with Crippen molar-refractivity contribution in [3.63, 3.8) is 0 Å². The first-order valence-electron chi connectivity index (χ1n) is 4.15. The maximum Gasteiger partial charge on any atom is 0.222 e. The summed E-state index contributed by atoms with van der Waals surface area (Å²) >= 11 is 0. The monoisotopic (exact) mass is 156 g/mol. The molecule has 0 aromatic rings. The molecule has 1 amide bonds. The molecule has 1 rings (SSSR count). The van der Waals surface area contributed by atoms with E-state index < -0.39 is 0 Å². The molecule has 0 aliphatic heterocycles. The van der Waals surface area contributed by atoms with Gasteiger partial charge in [-0.1, -0.05) is 13.8 Å². The molecule has 0 atom stereocenters. The molecule has 0 radical (unpaired) electrons. The summed E-state index contributed by atoms with van der Waals surface area (Å²) in [7, 11) is 0. The zero-order chi connectivity index (χ0) is 8.43. The van der Waals surface area contributed by atoms with Gasteiger partial charge >= 0.3 is 0 Å². The number of hydrogen-bond acceptors (Lipinski definition) is 2. The molecule has 3 nitrogen and oxygen atoms in total. The number of nitrogens with one attached hydrogen (secondary N) is 1. The molecule has 1 saturated carbocycles. The van der Waals surface area contributed by atoms with Gasteiger partial charge in [0.25, 0.3) is 0 Å². The lowest BCUT2D eigenvalue weighted by atomic mass is 9.87. The van der Waals surface area contributed by atoms with Crippen LogP contribution >= 0.6 is 0 Å². The Labute approximate surface area is 67.3 Å². The minimum atomic E-state index is 0.0897. The van der Waals surface area contributed by atoms with E-state index in [0.717, 1.165) is 12.8 Å². The smallest absolute Gasteiger partial charge is 0.222 e. The van der Waals surface area contributed by atoms with Crippen molar-refractivity contribution in [2.24, 2.45) is 11.7 Å². The van der Waals surface area contributed by atoms with Gasteiger partial charge in [0.05, 0.1) is 0 Å². The Hall–Kier alpha value is -0.570. The van der Waals surface area contributed by atoms with Crippen LogP contribution in [0.2, 0.25) is 0 Å². The summed E-state index contributed by atoms with van der Waals surface area (Å²) in [5.74, 6) is 0.230. The van der Waals surface area contributed by atoms with Crippen molar-refractivity contribution in [2.45, 2.75) is 38.8 Å². The van der Waals surface area contributed by atoms with E-state index in [2.05, 4.69) is 5.32 Å². The zero-order valence-electron chi connectivity index (χ0n) is 7.13. The minimum Gasteiger partial charge on any atom is -0.353 e. The molecule has 3 heteroatoms. The summed E-state index contributed by atoms with van der Waals surface area (Å²) in [5, 5.41) is 2.93. The molecule has 3 N–H and O–H groups in total. The highest BCUT2D eigenvalue weighted by Crippen LogP contribution is 2.17. The SMILES string of the molecule is CC(C)C(=O)NC1CC(N)C1. The predicted octanol–water partition coefficient (Wildman–Crippen LogP) is 0.248. The Morgan fingerprint density at radius 2 is 2.09 bits per heavy atom. The van der Waals surface area contributed by atoms with Crippen LogP contribution in [0.4, 0.5) is 0 Å². The summed E-state index contributed by atoms with van der Waals surface area (Å²) in [6.07, 6.45) is 1.89. The van der Waals surface area contributed by atoms with Crippen LogP contribution in [0.25, 0.3) is 0 Å². The van der Waals surface area contributed by atoms with Gasteiger partial charge in [-0.05, 0) is 12.8 Å². The second-order valence-electron chi connectivity index (χ2n) is 3.59. The number of hydrogen-bond donors (Lipinski definition) is 2. The molecule has 0 spiro atoms.